The maximum absolute atomic E-state index is 11.4. The minimum absolute atomic E-state index is 0.142. The van der Waals surface area contributed by atoms with Crippen molar-refractivity contribution in [2.75, 3.05) is 6.61 Å². The first-order valence-corrected chi connectivity index (χ1v) is 6.51. The SMILES string of the molecule is C=CC(CC(=O)OCC)C(CCCCC)N=[N+]=[N-]. The van der Waals surface area contributed by atoms with Crippen LogP contribution in [0.2, 0.25) is 0 Å². The second-order valence-corrected chi connectivity index (χ2v) is 4.18. The number of nitrogens with zero attached hydrogens (tertiary/aromatic N) is 3. The number of ether oxygens (including phenoxy) is 1. The summed E-state index contributed by atoms with van der Waals surface area (Å²) in [5.41, 5.74) is 8.58. The molecule has 102 valence electrons. The van der Waals surface area contributed by atoms with Crippen LogP contribution in [0.5, 0.6) is 0 Å². The molecule has 0 saturated carbocycles. The quantitative estimate of drug-likeness (QED) is 0.147. The lowest BCUT2D eigenvalue weighted by Gasteiger charge is -2.19. The average molecular weight is 253 g/mol. The van der Waals surface area contributed by atoms with Crippen LogP contribution < -0.4 is 0 Å². The largest absolute Gasteiger partial charge is 0.466 e. The van der Waals surface area contributed by atoms with Crippen LogP contribution in [0.15, 0.2) is 17.8 Å². The molecule has 0 aromatic heterocycles. The molecule has 0 rings (SSSR count). The summed E-state index contributed by atoms with van der Waals surface area (Å²) < 4.78 is 4.91. The van der Waals surface area contributed by atoms with Crippen molar-refractivity contribution in [3.63, 3.8) is 0 Å². The molecule has 5 heteroatoms. The van der Waals surface area contributed by atoms with Crippen molar-refractivity contribution in [3.8, 4) is 0 Å². The molecule has 0 aromatic carbocycles. The van der Waals surface area contributed by atoms with Crippen molar-refractivity contribution in [3.05, 3.63) is 23.1 Å². The van der Waals surface area contributed by atoms with Gasteiger partial charge in [-0.3, -0.25) is 4.79 Å². The molecular formula is C13H23N3O2. The van der Waals surface area contributed by atoms with Crippen molar-refractivity contribution in [2.24, 2.45) is 11.0 Å². The van der Waals surface area contributed by atoms with Gasteiger partial charge in [0.2, 0.25) is 0 Å². The Kier molecular flexibility index (Phi) is 9.78. The van der Waals surface area contributed by atoms with Crippen LogP contribution in [0.1, 0.15) is 46.0 Å². The number of azide groups is 1. The van der Waals surface area contributed by atoms with E-state index in [1.807, 2.05) is 0 Å². The molecule has 0 fully saturated rings. The van der Waals surface area contributed by atoms with E-state index in [1.54, 1.807) is 13.0 Å². The van der Waals surface area contributed by atoms with Gasteiger partial charge < -0.3 is 4.74 Å². The Morgan fingerprint density at radius 3 is 2.72 bits per heavy atom. The van der Waals surface area contributed by atoms with E-state index in [0.717, 1.165) is 25.7 Å². The number of carbonyl (C=O) groups excluding carboxylic acids is 1. The third-order valence-electron chi connectivity index (χ3n) is 2.81. The molecule has 0 heterocycles. The normalized spacial score (nSPS) is 13.2. The zero-order valence-electron chi connectivity index (χ0n) is 11.3. The highest BCUT2D eigenvalue weighted by molar-refractivity contribution is 5.70. The Bertz CT molecular complexity index is 299. The van der Waals surface area contributed by atoms with Crippen molar-refractivity contribution < 1.29 is 9.53 Å². The van der Waals surface area contributed by atoms with Crippen molar-refractivity contribution in [1.82, 2.24) is 0 Å². The molecule has 0 aromatic rings. The summed E-state index contributed by atoms with van der Waals surface area (Å²) in [4.78, 5) is 14.3. The molecule has 0 saturated heterocycles. The molecule has 18 heavy (non-hydrogen) atoms. The van der Waals surface area contributed by atoms with Crippen LogP contribution in [0.4, 0.5) is 0 Å². The first-order valence-electron chi connectivity index (χ1n) is 6.51. The fourth-order valence-electron chi connectivity index (χ4n) is 1.82. The van der Waals surface area contributed by atoms with Crippen LogP contribution in [-0.4, -0.2) is 18.6 Å². The van der Waals surface area contributed by atoms with Crippen LogP contribution in [0.25, 0.3) is 10.4 Å². The van der Waals surface area contributed by atoms with Gasteiger partial charge >= 0.3 is 5.97 Å². The number of hydrogen-bond donors (Lipinski definition) is 0. The highest BCUT2D eigenvalue weighted by atomic mass is 16.5. The smallest absolute Gasteiger partial charge is 0.306 e. The molecule has 0 amide bonds. The van der Waals surface area contributed by atoms with E-state index >= 15 is 0 Å². The van der Waals surface area contributed by atoms with Gasteiger partial charge in [-0.05, 0) is 24.8 Å². The summed E-state index contributed by atoms with van der Waals surface area (Å²) in [5.74, 6) is -0.409. The highest BCUT2D eigenvalue weighted by Gasteiger charge is 2.20. The monoisotopic (exact) mass is 253 g/mol. The molecule has 0 spiro atoms. The van der Waals surface area contributed by atoms with Gasteiger partial charge in [0.25, 0.3) is 0 Å². The third kappa shape index (κ3) is 6.97. The van der Waals surface area contributed by atoms with Crippen LogP contribution in [-0.2, 0) is 9.53 Å². The van der Waals surface area contributed by atoms with Crippen LogP contribution in [0, 0.1) is 5.92 Å². The predicted octanol–water partition coefficient (Wildman–Crippen LogP) is 4.00. The van der Waals surface area contributed by atoms with Gasteiger partial charge in [-0.2, -0.15) is 0 Å². The Morgan fingerprint density at radius 1 is 1.50 bits per heavy atom. The van der Waals surface area contributed by atoms with Gasteiger partial charge in [0.1, 0.15) is 0 Å². The summed E-state index contributed by atoms with van der Waals surface area (Å²) in [5, 5.41) is 3.78. The summed E-state index contributed by atoms with van der Waals surface area (Å²) in [6.07, 6.45) is 5.90. The molecule has 0 aliphatic rings. The second-order valence-electron chi connectivity index (χ2n) is 4.18. The molecule has 0 aliphatic carbocycles. The number of hydrogen-bond acceptors (Lipinski definition) is 3. The van der Waals surface area contributed by atoms with Crippen LogP contribution in [0.3, 0.4) is 0 Å². The van der Waals surface area contributed by atoms with E-state index in [4.69, 9.17) is 10.3 Å². The lowest BCUT2D eigenvalue weighted by Crippen LogP contribution is -2.21. The topological polar surface area (TPSA) is 75.1 Å². The molecule has 0 radical (unpaired) electrons. The molecular weight excluding hydrogens is 230 g/mol. The number of carbonyl (C=O) groups is 1. The lowest BCUT2D eigenvalue weighted by atomic mass is 9.92. The van der Waals surface area contributed by atoms with E-state index < -0.39 is 0 Å². The molecule has 0 aliphatic heterocycles. The zero-order chi connectivity index (χ0) is 13.8. The van der Waals surface area contributed by atoms with Gasteiger partial charge in [0, 0.05) is 11.0 Å². The number of esters is 1. The van der Waals surface area contributed by atoms with Crippen LogP contribution >= 0.6 is 0 Å². The van der Waals surface area contributed by atoms with Crippen molar-refractivity contribution >= 4 is 5.97 Å². The zero-order valence-corrected chi connectivity index (χ0v) is 11.3. The fraction of sp³-hybridized carbons (Fsp3) is 0.769. The Hall–Kier alpha value is -1.48. The molecule has 2 atom stereocenters. The van der Waals surface area contributed by atoms with E-state index in [1.165, 1.54) is 0 Å². The molecule has 2 unspecified atom stereocenters. The summed E-state index contributed by atoms with van der Waals surface area (Å²) in [7, 11) is 0. The van der Waals surface area contributed by atoms with Gasteiger partial charge in [0.05, 0.1) is 13.0 Å². The maximum atomic E-state index is 11.4. The molecule has 0 N–H and O–H groups in total. The Balaban J connectivity index is 4.45. The number of rotatable bonds is 10. The fourth-order valence-corrected chi connectivity index (χ4v) is 1.82. The lowest BCUT2D eigenvalue weighted by molar-refractivity contribution is -0.144. The minimum Gasteiger partial charge on any atom is -0.466 e. The van der Waals surface area contributed by atoms with Gasteiger partial charge in [-0.25, -0.2) is 0 Å². The first-order chi connectivity index (χ1) is 8.69. The highest BCUT2D eigenvalue weighted by Crippen LogP contribution is 2.20. The maximum Gasteiger partial charge on any atom is 0.306 e. The van der Waals surface area contributed by atoms with Gasteiger partial charge in [-0.15, -0.1) is 6.58 Å². The molecule has 0 bridgehead atoms. The van der Waals surface area contributed by atoms with E-state index in [9.17, 15) is 4.79 Å². The molecule has 5 nitrogen and oxygen atoms in total. The van der Waals surface area contributed by atoms with E-state index in [2.05, 4.69) is 23.5 Å². The standard InChI is InChI=1S/C13H23N3O2/c1-4-7-8-9-12(15-16-14)11(5-2)10-13(17)18-6-3/h5,11-12H,2,4,6-10H2,1,3H3. The summed E-state index contributed by atoms with van der Waals surface area (Å²) >= 11 is 0. The Labute approximate surface area is 109 Å². The first kappa shape index (κ1) is 16.5. The van der Waals surface area contributed by atoms with Crippen molar-refractivity contribution in [2.45, 2.75) is 52.0 Å². The van der Waals surface area contributed by atoms with Gasteiger partial charge in [-0.1, -0.05) is 37.4 Å². The van der Waals surface area contributed by atoms with Crippen molar-refractivity contribution in [1.29, 1.82) is 0 Å². The average Bonchev–Trinajstić information content (AvgIpc) is 2.35. The second kappa shape index (κ2) is 10.7. The van der Waals surface area contributed by atoms with Gasteiger partial charge in [0.15, 0.2) is 0 Å². The van der Waals surface area contributed by atoms with E-state index in [0.29, 0.717) is 6.61 Å². The third-order valence-corrected chi connectivity index (χ3v) is 2.81. The number of unbranched alkanes of at least 4 members (excludes halogenated alkanes) is 2. The Morgan fingerprint density at radius 2 is 2.22 bits per heavy atom. The predicted molar refractivity (Wildman–Crippen MR) is 72.0 cm³/mol. The minimum atomic E-state index is -0.268. The summed E-state index contributed by atoms with van der Waals surface area (Å²) in [6, 6.07) is -0.205. The van der Waals surface area contributed by atoms with E-state index in [-0.39, 0.29) is 24.3 Å². The summed E-state index contributed by atoms with van der Waals surface area (Å²) in [6.45, 7) is 7.97.